The molecule has 1 aromatic carbocycles. The number of aldehydes is 1. The Hall–Kier alpha value is -2.05. The lowest BCUT2D eigenvalue weighted by Gasteiger charge is -2.13. The summed E-state index contributed by atoms with van der Waals surface area (Å²) in [5.74, 6) is -1.22. The van der Waals surface area contributed by atoms with Crippen molar-refractivity contribution in [2.75, 3.05) is 6.61 Å². The maximum atomic E-state index is 12.2. The third kappa shape index (κ3) is 4.99. The predicted molar refractivity (Wildman–Crippen MR) is 58.8 cm³/mol. The van der Waals surface area contributed by atoms with Gasteiger partial charge in [-0.15, -0.1) is 13.2 Å². The summed E-state index contributed by atoms with van der Waals surface area (Å²) in [4.78, 5) is 21.9. The fraction of sp³-hybridized carbons (Fsp3) is 0.333. The van der Waals surface area contributed by atoms with Gasteiger partial charge in [-0.25, -0.2) is 0 Å². The highest BCUT2D eigenvalue weighted by atomic mass is 19.4. The van der Waals surface area contributed by atoms with E-state index in [1.54, 1.807) is 6.92 Å². The van der Waals surface area contributed by atoms with Crippen molar-refractivity contribution >= 4 is 12.3 Å². The molecule has 0 unspecified atom stereocenters. The van der Waals surface area contributed by atoms with E-state index in [2.05, 4.69) is 9.47 Å². The van der Waals surface area contributed by atoms with Crippen LogP contribution in [0, 0.1) is 0 Å². The van der Waals surface area contributed by atoms with Crippen molar-refractivity contribution in [2.24, 2.45) is 0 Å². The molecule has 1 aromatic rings. The van der Waals surface area contributed by atoms with E-state index in [-0.39, 0.29) is 17.7 Å². The highest BCUT2D eigenvalue weighted by Gasteiger charge is 2.32. The molecule has 0 fully saturated rings. The number of benzene rings is 1. The number of carbonyl (C=O) groups excluding carboxylic acids is 2. The van der Waals surface area contributed by atoms with Crippen molar-refractivity contribution in [1.29, 1.82) is 0 Å². The molecule has 0 aromatic heterocycles. The van der Waals surface area contributed by atoms with Gasteiger partial charge in [-0.05, 0) is 25.1 Å². The summed E-state index contributed by atoms with van der Waals surface area (Å²) in [5.41, 5.74) is 0.0918. The first kappa shape index (κ1) is 15.0. The average Bonchev–Trinajstić information content (AvgIpc) is 2.30. The zero-order valence-electron chi connectivity index (χ0n) is 9.99. The number of ether oxygens (including phenoxy) is 2. The number of hydrogen-bond donors (Lipinski definition) is 0. The number of esters is 1. The van der Waals surface area contributed by atoms with Crippen molar-refractivity contribution < 1.29 is 32.2 Å². The number of halogens is 3. The summed E-state index contributed by atoms with van der Waals surface area (Å²) in [7, 11) is 0. The second-order valence-electron chi connectivity index (χ2n) is 3.51. The van der Waals surface area contributed by atoms with Crippen molar-refractivity contribution in [1.82, 2.24) is 0 Å². The van der Waals surface area contributed by atoms with Crippen LogP contribution >= 0.6 is 0 Å². The van der Waals surface area contributed by atoms with Gasteiger partial charge in [-0.2, -0.15) is 0 Å². The van der Waals surface area contributed by atoms with Crippen LogP contribution in [-0.4, -0.2) is 25.2 Å². The second-order valence-corrected chi connectivity index (χ2v) is 3.51. The Labute approximate surface area is 107 Å². The maximum absolute atomic E-state index is 12.2. The molecule has 0 spiro atoms. The van der Waals surface area contributed by atoms with E-state index >= 15 is 0 Å². The minimum absolute atomic E-state index is 0.0552. The van der Waals surface area contributed by atoms with Gasteiger partial charge in [0.25, 0.3) is 0 Å². The van der Waals surface area contributed by atoms with Crippen LogP contribution in [0.4, 0.5) is 13.2 Å². The molecule has 0 amide bonds. The van der Waals surface area contributed by atoms with Crippen LogP contribution in [0.15, 0.2) is 18.2 Å². The molecule has 0 atom stereocenters. The van der Waals surface area contributed by atoms with Gasteiger partial charge < -0.3 is 9.47 Å². The van der Waals surface area contributed by atoms with Crippen LogP contribution in [0.3, 0.4) is 0 Å². The molecule has 0 aliphatic carbocycles. The van der Waals surface area contributed by atoms with Crippen molar-refractivity contribution in [3.8, 4) is 5.75 Å². The summed E-state index contributed by atoms with van der Waals surface area (Å²) in [6.45, 7) is 1.69. The number of carbonyl (C=O) groups is 2. The van der Waals surface area contributed by atoms with E-state index in [0.717, 1.165) is 12.1 Å². The Kier molecular flexibility index (Phi) is 4.91. The topological polar surface area (TPSA) is 52.6 Å². The van der Waals surface area contributed by atoms with Gasteiger partial charge in [-0.1, -0.05) is 0 Å². The van der Waals surface area contributed by atoms with E-state index < -0.39 is 24.5 Å². The first-order valence-corrected chi connectivity index (χ1v) is 5.35. The van der Waals surface area contributed by atoms with Crippen molar-refractivity contribution in [2.45, 2.75) is 19.7 Å². The van der Waals surface area contributed by atoms with Gasteiger partial charge in [0.1, 0.15) is 12.0 Å². The fourth-order valence-electron chi connectivity index (χ4n) is 1.40. The molecule has 0 aliphatic rings. The third-order valence-corrected chi connectivity index (χ3v) is 2.09. The van der Waals surface area contributed by atoms with E-state index in [0.29, 0.717) is 6.29 Å². The monoisotopic (exact) mass is 276 g/mol. The standard InChI is InChI=1S/C12H11F3O4/c1-2-18-11(17)6-9-5-8(7-16)3-4-10(9)19-12(13,14)15/h3-5,7H,2,6H2,1H3. The Bertz CT molecular complexity index is 469. The van der Waals surface area contributed by atoms with Gasteiger partial charge in [0, 0.05) is 11.1 Å². The first-order chi connectivity index (χ1) is 8.85. The second kappa shape index (κ2) is 6.21. The molecular weight excluding hydrogens is 265 g/mol. The predicted octanol–water partition coefficient (Wildman–Crippen LogP) is 2.50. The summed E-state index contributed by atoms with van der Waals surface area (Å²) in [6, 6.07) is 3.32. The van der Waals surface area contributed by atoms with Crippen LogP contribution in [0.25, 0.3) is 0 Å². The Morgan fingerprint density at radius 3 is 2.58 bits per heavy atom. The van der Waals surface area contributed by atoms with Gasteiger partial charge in [0.2, 0.25) is 0 Å². The highest BCUT2D eigenvalue weighted by Crippen LogP contribution is 2.27. The van der Waals surface area contributed by atoms with Crippen LogP contribution in [0.2, 0.25) is 0 Å². The van der Waals surface area contributed by atoms with E-state index in [1.807, 2.05) is 0 Å². The zero-order valence-corrected chi connectivity index (χ0v) is 9.99. The summed E-state index contributed by atoms with van der Waals surface area (Å²) in [5, 5.41) is 0. The highest BCUT2D eigenvalue weighted by molar-refractivity contribution is 5.78. The third-order valence-electron chi connectivity index (χ3n) is 2.09. The average molecular weight is 276 g/mol. The molecule has 0 radical (unpaired) electrons. The minimum Gasteiger partial charge on any atom is -0.466 e. The Morgan fingerprint density at radius 2 is 2.05 bits per heavy atom. The molecule has 0 aliphatic heterocycles. The van der Waals surface area contributed by atoms with Gasteiger partial charge in [-0.3, -0.25) is 9.59 Å². The van der Waals surface area contributed by atoms with Crippen molar-refractivity contribution in [3.63, 3.8) is 0 Å². The molecule has 1 rings (SSSR count). The maximum Gasteiger partial charge on any atom is 0.573 e. The number of rotatable bonds is 5. The first-order valence-electron chi connectivity index (χ1n) is 5.35. The van der Waals surface area contributed by atoms with Gasteiger partial charge >= 0.3 is 12.3 Å². The minimum atomic E-state index is -4.87. The van der Waals surface area contributed by atoms with Gasteiger partial charge in [0.05, 0.1) is 13.0 Å². The van der Waals surface area contributed by atoms with E-state index in [4.69, 9.17) is 0 Å². The zero-order chi connectivity index (χ0) is 14.5. The van der Waals surface area contributed by atoms with Crippen LogP contribution in [0.1, 0.15) is 22.8 Å². The fourth-order valence-corrected chi connectivity index (χ4v) is 1.40. The lowest BCUT2D eigenvalue weighted by atomic mass is 10.1. The Balaban J connectivity index is 3.02. The molecule has 0 bridgehead atoms. The lowest BCUT2D eigenvalue weighted by Crippen LogP contribution is -2.19. The summed E-state index contributed by atoms with van der Waals surface area (Å²) >= 11 is 0. The molecular formula is C12H11F3O4. The lowest BCUT2D eigenvalue weighted by molar-refractivity contribution is -0.274. The summed E-state index contributed by atoms with van der Waals surface area (Å²) < 4.78 is 45.0. The molecule has 19 heavy (non-hydrogen) atoms. The molecule has 104 valence electrons. The quantitative estimate of drug-likeness (QED) is 0.612. The molecule has 7 heteroatoms. The Morgan fingerprint density at radius 1 is 1.37 bits per heavy atom. The molecule has 0 saturated heterocycles. The normalized spacial score (nSPS) is 10.9. The molecule has 0 heterocycles. The SMILES string of the molecule is CCOC(=O)Cc1cc(C=O)ccc1OC(F)(F)F. The van der Waals surface area contributed by atoms with E-state index in [1.165, 1.54) is 6.07 Å². The van der Waals surface area contributed by atoms with Crippen molar-refractivity contribution in [3.05, 3.63) is 29.3 Å². The smallest absolute Gasteiger partial charge is 0.466 e. The number of alkyl halides is 3. The van der Waals surface area contributed by atoms with Crippen LogP contribution in [-0.2, 0) is 16.0 Å². The van der Waals surface area contributed by atoms with Crippen LogP contribution < -0.4 is 4.74 Å². The van der Waals surface area contributed by atoms with Gasteiger partial charge in [0.15, 0.2) is 0 Å². The van der Waals surface area contributed by atoms with Crippen LogP contribution in [0.5, 0.6) is 5.75 Å². The molecule has 4 nitrogen and oxygen atoms in total. The van der Waals surface area contributed by atoms with E-state index in [9.17, 15) is 22.8 Å². The summed E-state index contributed by atoms with van der Waals surface area (Å²) in [6.07, 6.45) is -4.81. The number of hydrogen-bond acceptors (Lipinski definition) is 4. The molecule has 0 saturated carbocycles. The largest absolute Gasteiger partial charge is 0.573 e. The molecule has 0 N–H and O–H groups in total.